The number of benzene rings is 2. The summed E-state index contributed by atoms with van der Waals surface area (Å²) in [7, 11) is 7.72. The first kappa shape index (κ1) is 39.7. The van der Waals surface area contributed by atoms with Crippen molar-refractivity contribution in [3.63, 3.8) is 0 Å². The number of hydrogen-bond acceptors (Lipinski definition) is 14. The van der Waals surface area contributed by atoms with E-state index in [9.17, 15) is 14.7 Å². The summed E-state index contributed by atoms with van der Waals surface area (Å²) in [5.74, 6) is 0.682. The fourth-order valence-corrected chi connectivity index (χ4v) is 7.14. The van der Waals surface area contributed by atoms with Crippen LogP contribution < -0.4 is 22.1 Å². The molecule has 0 radical (unpaired) electrons. The number of nitrogens with one attached hydrogen (secondary N) is 2. The van der Waals surface area contributed by atoms with E-state index in [0.29, 0.717) is 74.5 Å². The standard InChI is InChI=1S/C22H27N7O.C20H22N6O2/c1-28(2)21(30)15-6-4-5-14(13-15)18-8-7-17-19(23)26-22(27-20(17)25-18)24-16-9-11-29(3)12-10-16;1-26-10-8-12(9-11-26)22-20-24-17(21)15-6-7-16(23-18(15)25-20)13-4-2-3-5-14(13)19(27)28/h4-8,13,16H,9-12H2,1-3H3,(H3,23,24,25,26,27);2-7,12H,8-11H2,1H3,(H,27,28)(H3,21,22,23,24,25). The second kappa shape index (κ2) is 17.3. The number of nitrogens with two attached hydrogens (primary N) is 2. The highest BCUT2D eigenvalue weighted by Gasteiger charge is 2.21. The maximum atomic E-state index is 12.3. The summed E-state index contributed by atoms with van der Waals surface area (Å²) in [4.78, 5) is 57.2. The third-order valence-corrected chi connectivity index (χ3v) is 10.5. The van der Waals surface area contributed by atoms with Crippen LogP contribution in [0.25, 0.3) is 44.6 Å². The van der Waals surface area contributed by atoms with Crippen LogP contribution in [-0.2, 0) is 0 Å². The molecular formula is C42H49N13O3. The Labute approximate surface area is 336 Å². The second-order valence-corrected chi connectivity index (χ2v) is 15.1. The predicted octanol–water partition coefficient (Wildman–Crippen LogP) is 4.96. The molecule has 16 heteroatoms. The van der Waals surface area contributed by atoms with Gasteiger partial charge in [0.15, 0.2) is 11.3 Å². The number of carboxylic acid groups (broad SMARTS) is 1. The van der Waals surface area contributed by atoms with Crippen molar-refractivity contribution in [3.8, 4) is 22.5 Å². The number of anilines is 4. The smallest absolute Gasteiger partial charge is 0.336 e. The van der Waals surface area contributed by atoms with Crippen LogP contribution in [0.2, 0.25) is 0 Å². The molecule has 300 valence electrons. The lowest BCUT2D eigenvalue weighted by Crippen LogP contribution is -2.37. The molecule has 4 aromatic heterocycles. The van der Waals surface area contributed by atoms with Crippen molar-refractivity contribution < 1.29 is 14.7 Å². The Balaban J connectivity index is 0.000000177. The molecule has 0 unspecified atom stereocenters. The molecule has 1 amide bonds. The lowest BCUT2D eigenvalue weighted by molar-refractivity contribution is 0.0697. The molecular weight excluding hydrogens is 735 g/mol. The van der Waals surface area contributed by atoms with Crippen molar-refractivity contribution in [3.05, 3.63) is 83.9 Å². The number of fused-ring (bicyclic) bond motifs is 2. The molecule has 0 saturated carbocycles. The van der Waals surface area contributed by atoms with Gasteiger partial charge in [0, 0.05) is 42.9 Å². The SMILES string of the molecule is CN1CCC(Nc2nc(N)c3ccc(-c4cccc(C(=O)N(C)C)c4)nc3n2)CC1.CN1CCC(Nc2nc(N)c3ccc(-c4ccccc4C(=O)O)nc3n2)CC1. The van der Waals surface area contributed by atoms with Gasteiger partial charge in [-0.05, 0) is 108 Å². The van der Waals surface area contributed by atoms with E-state index < -0.39 is 5.97 Å². The summed E-state index contributed by atoms with van der Waals surface area (Å²) in [5.41, 5.74) is 16.8. The third kappa shape index (κ3) is 9.19. The number of likely N-dealkylation sites (tertiary alicyclic amines) is 2. The molecule has 0 bridgehead atoms. The summed E-state index contributed by atoms with van der Waals surface area (Å²) in [5, 5.41) is 17.6. The number of hydrogen-bond donors (Lipinski definition) is 5. The van der Waals surface area contributed by atoms with Crippen molar-refractivity contribution >= 4 is 57.5 Å². The average molecular weight is 784 g/mol. The van der Waals surface area contributed by atoms with Gasteiger partial charge in [-0.1, -0.05) is 30.3 Å². The van der Waals surface area contributed by atoms with Gasteiger partial charge >= 0.3 is 5.97 Å². The van der Waals surface area contributed by atoms with Gasteiger partial charge in [0.05, 0.1) is 27.7 Å². The Kier molecular flexibility index (Phi) is 11.9. The van der Waals surface area contributed by atoms with E-state index >= 15 is 0 Å². The predicted molar refractivity (Wildman–Crippen MR) is 228 cm³/mol. The minimum absolute atomic E-state index is 0.0474. The van der Waals surface area contributed by atoms with E-state index in [-0.39, 0.29) is 11.5 Å². The van der Waals surface area contributed by atoms with E-state index in [4.69, 9.17) is 16.5 Å². The number of carboxylic acids is 1. The molecule has 0 atom stereocenters. The zero-order chi connectivity index (χ0) is 40.9. The summed E-state index contributed by atoms with van der Waals surface area (Å²) in [6.45, 7) is 4.14. The molecule has 58 heavy (non-hydrogen) atoms. The lowest BCUT2D eigenvalue weighted by atomic mass is 10.0. The van der Waals surface area contributed by atoms with Gasteiger partial charge in [-0.2, -0.15) is 19.9 Å². The molecule has 2 fully saturated rings. The van der Waals surface area contributed by atoms with Gasteiger partial charge in [0.1, 0.15) is 11.6 Å². The van der Waals surface area contributed by atoms with Crippen molar-refractivity contribution in [2.45, 2.75) is 37.8 Å². The summed E-state index contributed by atoms with van der Waals surface area (Å²) in [6.07, 6.45) is 4.10. The molecule has 2 saturated heterocycles. The Morgan fingerprint density at radius 2 is 1.19 bits per heavy atom. The summed E-state index contributed by atoms with van der Waals surface area (Å²) < 4.78 is 0. The average Bonchev–Trinajstić information content (AvgIpc) is 3.22. The monoisotopic (exact) mass is 783 g/mol. The molecule has 7 N–H and O–H groups in total. The molecule has 16 nitrogen and oxygen atoms in total. The molecule has 6 aromatic rings. The van der Waals surface area contributed by atoms with E-state index in [1.807, 2.05) is 30.3 Å². The van der Waals surface area contributed by atoms with Crippen molar-refractivity contribution in [1.29, 1.82) is 0 Å². The maximum Gasteiger partial charge on any atom is 0.336 e. The normalized spacial score (nSPS) is 15.4. The molecule has 8 rings (SSSR count). The molecule has 0 aliphatic carbocycles. The van der Waals surface area contributed by atoms with Gasteiger partial charge in [-0.3, -0.25) is 4.79 Å². The minimum Gasteiger partial charge on any atom is -0.478 e. The first-order valence-corrected chi connectivity index (χ1v) is 19.4. The zero-order valence-electron chi connectivity index (χ0n) is 33.2. The van der Waals surface area contributed by atoms with Gasteiger partial charge < -0.3 is 41.9 Å². The van der Waals surface area contributed by atoms with Crippen molar-refractivity contribution in [1.82, 2.24) is 44.6 Å². The largest absolute Gasteiger partial charge is 0.478 e. The molecule has 2 aliphatic heterocycles. The van der Waals surface area contributed by atoms with Crippen LogP contribution in [0.15, 0.2) is 72.8 Å². The molecule has 2 aliphatic rings. The first-order chi connectivity index (χ1) is 27.9. The lowest BCUT2D eigenvalue weighted by Gasteiger charge is -2.29. The highest BCUT2D eigenvalue weighted by molar-refractivity contribution is 5.97. The Morgan fingerprint density at radius 1 is 0.672 bits per heavy atom. The number of nitrogens with zero attached hydrogens (tertiary/aromatic N) is 9. The number of piperidine rings is 2. The van der Waals surface area contributed by atoms with Crippen LogP contribution in [0.4, 0.5) is 23.5 Å². The van der Waals surface area contributed by atoms with Crippen molar-refractivity contribution in [2.75, 3.05) is 76.5 Å². The first-order valence-electron chi connectivity index (χ1n) is 19.4. The number of aromatic nitrogens is 6. The highest BCUT2D eigenvalue weighted by atomic mass is 16.4. The Bertz CT molecular complexity index is 2440. The van der Waals surface area contributed by atoms with Gasteiger partial charge in [0.2, 0.25) is 11.9 Å². The van der Waals surface area contributed by atoms with E-state index in [1.54, 1.807) is 61.5 Å². The van der Waals surface area contributed by atoms with Crippen LogP contribution >= 0.6 is 0 Å². The fourth-order valence-electron chi connectivity index (χ4n) is 7.14. The quantitative estimate of drug-likeness (QED) is 0.138. The van der Waals surface area contributed by atoms with Gasteiger partial charge in [-0.15, -0.1) is 0 Å². The number of carbonyl (C=O) groups excluding carboxylic acids is 1. The fraction of sp³-hybridized carbons (Fsp3) is 0.333. The molecule has 6 heterocycles. The second-order valence-electron chi connectivity index (χ2n) is 15.1. The van der Waals surface area contributed by atoms with Crippen LogP contribution in [0, 0.1) is 0 Å². The van der Waals surface area contributed by atoms with Crippen LogP contribution in [-0.4, -0.2) is 128 Å². The zero-order valence-corrected chi connectivity index (χ0v) is 33.2. The molecule has 0 spiro atoms. The number of rotatable bonds is 8. The van der Waals surface area contributed by atoms with E-state index in [0.717, 1.165) is 63.1 Å². The van der Waals surface area contributed by atoms with Crippen LogP contribution in [0.5, 0.6) is 0 Å². The maximum absolute atomic E-state index is 12.3. The minimum atomic E-state index is -0.996. The van der Waals surface area contributed by atoms with Crippen LogP contribution in [0.1, 0.15) is 46.4 Å². The van der Waals surface area contributed by atoms with E-state index in [2.05, 4.69) is 59.4 Å². The van der Waals surface area contributed by atoms with Crippen molar-refractivity contribution in [2.24, 2.45) is 0 Å². The van der Waals surface area contributed by atoms with Crippen LogP contribution in [0.3, 0.4) is 0 Å². The Morgan fingerprint density at radius 3 is 1.72 bits per heavy atom. The highest BCUT2D eigenvalue weighted by Crippen LogP contribution is 2.28. The summed E-state index contributed by atoms with van der Waals surface area (Å²) >= 11 is 0. The number of nitrogen functional groups attached to an aromatic ring is 2. The number of amides is 1. The van der Waals surface area contributed by atoms with E-state index in [1.165, 1.54) is 0 Å². The summed E-state index contributed by atoms with van der Waals surface area (Å²) in [6, 6.07) is 22.1. The topological polar surface area (TPSA) is 218 Å². The number of aromatic carboxylic acids is 1. The number of carbonyl (C=O) groups is 2. The Hall–Kier alpha value is -6.52. The molecule has 2 aromatic carbocycles. The van der Waals surface area contributed by atoms with Gasteiger partial charge in [-0.25, -0.2) is 14.8 Å². The third-order valence-electron chi connectivity index (χ3n) is 10.5. The number of pyridine rings is 2. The van der Waals surface area contributed by atoms with Gasteiger partial charge in [0.25, 0.3) is 5.91 Å².